The number of allylic oxidation sites excluding steroid dienone is 1. The van der Waals surface area contributed by atoms with E-state index in [4.69, 9.17) is 9.47 Å². The van der Waals surface area contributed by atoms with Crippen LogP contribution in [-0.2, 0) is 19.1 Å². The van der Waals surface area contributed by atoms with E-state index in [2.05, 4.69) is 59.1 Å². The molecule has 4 saturated carbocycles. The standard InChI is InChI=1S/C36H56N2O5/c1-21(2)29-25(40)19-36(38-31(41)43-23-13-18-37-20-23)17-16-34(7)24(30(29)36)9-10-27-33(6)14-12-28(42-22(3)39)32(4,5)26(33)11-15-35(27,34)8/h21,23-24,26-28,37H,9-20H2,1-8H3,(H,38,41)/t23?,24?,26?,27?,28-,33-,34+,35+,36+/m0/s1. The summed E-state index contributed by atoms with van der Waals surface area (Å²) in [6.07, 6.45) is 8.97. The molecule has 5 aliphatic carbocycles. The number of Topliss-reactive ketones (excluding diaryl/α,β-unsaturated/α-hetero) is 1. The molecule has 0 bridgehead atoms. The summed E-state index contributed by atoms with van der Waals surface area (Å²) in [4.78, 5) is 39.1. The molecule has 0 aromatic carbocycles. The molecule has 0 aromatic heterocycles. The van der Waals surface area contributed by atoms with E-state index < -0.39 is 5.54 Å². The molecular formula is C36H56N2O5. The Morgan fingerprint density at radius 2 is 1.63 bits per heavy atom. The van der Waals surface area contributed by atoms with Gasteiger partial charge in [-0.05, 0) is 115 Å². The van der Waals surface area contributed by atoms with Crippen molar-refractivity contribution in [2.24, 2.45) is 45.3 Å². The SMILES string of the molecule is CC(=O)O[C@H]1CC[C@@]2(C)C(CC[C@]3(C)C2CCC2C4=C(C(C)C)C(=O)C[C@]4(NC(=O)OC4CCNC4)CC[C@]23C)C1(C)C. The van der Waals surface area contributed by atoms with Crippen LogP contribution in [0.15, 0.2) is 11.1 Å². The highest BCUT2D eigenvalue weighted by Gasteiger charge is 2.70. The molecule has 0 spiro atoms. The Morgan fingerprint density at radius 1 is 0.884 bits per heavy atom. The summed E-state index contributed by atoms with van der Waals surface area (Å²) in [6.45, 7) is 19.7. The number of rotatable bonds is 4. The molecule has 1 aliphatic heterocycles. The summed E-state index contributed by atoms with van der Waals surface area (Å²) in [6, 6.07) is 0. The topological polar surface area (TPSA) is 93.7 Å². The van der Waals surface area contributed by atoms with Crippen molar-refractivity contribution < 1.29 is 23.9 Å². The van der Waals surface area contributed by atoms with Crippen LogP contribution in [0, 0.1) is 45.3 Å². The molecule has 1 heterocycles. The fraction of sp³-hybridized carbons (Fsp3) is 0.861. The lowest BCUT2D eigenvalue weighted by Crippen LogP contribution is -2.67. The van der Waals surface area contributed by atoms with E-state index in [0.29, 0.717) is 24.8 Å². The number of carbonyl (C=O) groups is 3. The number of carbonyl (C=O) groups excluding carboxylic acids is 3. The van der Waals surface area contributed by atoms with Crippen LogP contribution in [0.2, 0.25) is 0 Å². The molecular weight excluding hydrogens is 540 g/mol. The highest BCUT2D eigenvalue weighted by atomic mass is 16.6. The second-order valence-electron chi connectivity index (χ2n) is 16.9. The van der Waals surface area contributed by atoms with Crippen molar-refractivity contribution in [2.45, 2.75) is 137 Å². The average molecular weight is 597 g/mol. The van der Waals surface area contributed by atoms with Crippen molar-refractivity contribution in [2.75, 3.05) is 13.1 Å². The molecule has 43 heavy (non-hydrogen) atoms. The van der Waals surface area contributed by atoms with Gasteiger partial charge in [0, 0.05) is 25.3 Å². The van der Waals surface area contributed by atoms with Crippen molar-refractivity contribution in [1.82, 2.24) is 10.6 Å². The molecule has 1 amide bonds. The van der Waals surface area contributed by atoms with Gasteiger partial charge in [0.1, 0.15) is 12.2 Å². The molecule has 7 heteroatoms. The zero-order valence-electron chi connectivity index (χ0n) is 28.0. The van der Waals surface area contributed by atoms with Gasteiger partial charge in [-0.1, -0.05) is 48.5 Å². The number of hydrogen-bond donors (Lipinski definition) is 2. The molecule has 4 unspecified atom stereocenters. The van der Waals surface area contributed by atoms with Crippen molar-refractivity contribution in [3.63, 3.8) is 0 Å². The third kappa shape index (κ3) is 4.47. The molecule has 0 aromatic rings. The Balaban J connectivity index is 1.34. The second kappa shape index (κ2) is 10.3. The van der Waals surface area contributed by atoms with Crippen molar-refractivity contribution in [3.8, 4) is 0 Å². The van der Waals surface area contributed by atoms with Gasteiger partial charge in [0.05, 0.1) is 5.54 Å². The Morgan fingerprint density at radius 3 is 2.28 bits per heavy atom. The highest BCUT2D eigenvalue weighted by Crippen LogP contribution is 2.75. The second-order valence-corrected chi connectivity index (χ2v) is 16.9. The van der Waals surface area contributed by atoms with E-state index in [1.54, 1.807) is 6.92 Å². The molecule has 6 aliphatic rings. The van der Waals surface area contributed by atoms with Crippen molar-refractivity contribution in [1.29, 1.82) is 0 Å². The first-order valence-corrected chi connectivity index (χ1v) is 17.2. The van der Waals surface area contributed by atoms with E-state index in [1.807, 2.05) is 0 Å². The zero-order chi connectivity index (χ0) is 31.2. The first kappa shape index (κ1) is 31.1. The smallest absolute Gasteiger partial charge is 0.408 e. The number of nitrogens with one attached hydrogen (secondary N) is 2. The molecule has 0 radical (unpaired) electrons. The van der Waals surface area contributed by atoms with Crippen LogP contribution >= 0.6 is 0 Å². The van der Waals surface area contributed by atoms with Gasteiger partial charge in [0.15, 0.2) is 5.78 Å². The number of alkyl carbamates (subject to hydrolysis) is 1. The van der Waals surface area contributed by atoms with Gasteiger partial charge < -0.3 is 20.1 Å². The van der Waals surface area contributed by atoms with Crippen LogP contribution in [0.4, 0.5) is 4.79 Å². The third-order valence-corrected chi connectivity index (χ3v) is 14.3. The molecule has 7 nitrogen and oxygen atoms in total. The lowest BCUT2D eigenvalue weighted by atomic mass is 9.33. The van der Waals surface area contributed by atoms with Gasteiger partial charge in [0.25, 0.3) is 0 Å². The van der Waals surface area contributed by atoms with E-state index in [1.165, 1.54) is 5.57 Å². The Bertz CT molecular complexity index is 1220. The Hall–Kier alpha value is -1.89. The van der Waals surface area contributed by atoms with Crippen LogP contribution in [0.5, 0.6) is 0 Å². The first-order chi connectivity index (χ1) is 20.1. The van der Waals surface area contributed by atoms with Gasteiger partial charge in [-0.15, -0.1) is 0 Å². The van der Waals surface area contributed by atoms with Crippen molar-refractivity contribution in [3.05, 3.63) is 11.1 Å². The predicted molar refractivity (Wildman–Crippen MR) is 166 cm³/mol. The largest absolute Gasteiger partial charge is 0.462 e. The van der Waals surface area contributed by atoms with Crippen molar-refractivity contribution >= 4 is 17.8 Å². The molecule has 5 fully saturated rings. The van der Waals surface area contributed by atoms with E-state index >= 15 is 0 Å². The summed E-state index contributed by atoms with van der Waals surface area (Å²) in [5.41, 5.74) is 1.85. The Kier molecular flexibility index (Phi) is 7.46. The number of hydrogen-bond acceptors (Lipinski definition) is 6. The summed E-state index contributed by atoms with van der Waals surface area (Å²) < 4.78 is 11.8. The quantitative estimate of drug-likeness (QED) is 0.349. The van der Waals surface area contributed by atoms with Crippen LogP contribution < -0.4 is 10.6 Å². The van der Waals surface area contributed by atoms with Gasteiger partial charge >= 0.3 is 12.1 Å². The maximum absolute atomic E-state index is 13.8. The van der Waals surface area contributed by atoms with Gasteiger partial charge in [0.2, 0.25) is 0 Å². The zero-order valence-corrected chi connectivity index (χ0v) is 28.0. The van der Waals surface area contributed by atoms with E-state index in [0.717, 1.165) is 69.9 Å². The van der Waals surface area contributed by atoms with E-state index in [-0.39, 0.29) is 63.5 Å². The summed E-state index contributed by atoms with van der Waals surface area (Å²) >= 11 is 0. The number of fused-ring (bicyclic) bond motifs is 7. The Labute approximate surface area is 259 Å². The minimum atomic E-state index is -0.627. The minimum absolute atomic E-state index is 0.0243. The van der Waals surface area contributed by atoms with Gasteiger partial charge in [-0.25, -0.2) is 4.79 Å². The first-order valence-electron chi connectivity index (χ1n) is 17.2. The van der Waals surface area contributed by atoms with Gasteiger partial charge in [-0.2, -0.15) is 0 Å². The summed E-state index contributed by atoms with van der Waals surface area (Å²) in [5, 5.41) is 6.62. The maximum Gasteiger partial charge on any atom is 0.408 e. The number of ketones is 1. The average Bonchev–Trinajstić information content (AvgIpc) is 3.51. The molecule has 240 valence electrons. The molecule has 9 atom stereocenters. The van der Waals surface area contributed by atoms with Crippen LogP contribution in [0.3, 0.4) is 0 Å². The summed E-state index contributed by atoms with van der Waals surface area (Å²) in [5.74, 6) is 1.51. The normalized spacial score (nSPS) is 45.1. The predicted octanol–water partition coefficient (Wildman–Crippen LogP) is 6.74. The molecule has 2 N–H and O–H groups in total. The monoisotopic (exact) mass is 596 g/mol. The molecule has 6 rings (SSSR count). The number of esters is 1. The van der Waals surface area contributed by atoms with Gasteiger partial charge in [-0.3, -0.25) is 9.59 Å². The van der Waals surface area contributed by atoms with Crippen LogP contribution in [0.1, 0.15) is 120 Å². The minimum Gasteiger partial charge on any atom is -0.462 e. The fourth-order valence-electron chi connectivity index (χ4n) is 12.2. The van der Waals surface area contributed by atoms with Crippen LogP contribution in [-0.4, -0.2) is 48.7 Å². The third-order valence-electron chi connectivity index (χ3n) is 14.3. The molecule has 1 saturated heterocycles. The van der Waals surface area contributed by atoms with E-state index in [9.17, 15) is 14.4 Å². The number of amides is 1. The highest BCUT2D eigenvalue weighted by molar-refractivity contribution is 6.02. The van der Waals surface area contributed by atoms with Crippen LogP contribution in [0.25, 0.3) is 0 Å². The lowest BCUT2D eigenvalue weighted by Gasteiger charge is -2.72. The fourth-order valence-corrected chi connectivity index (χ4v) is 12.2. The maximum atomic E-state index is 13.8. The number of ether oxygens (including phenoxy) is 2. The lowest BCUT2D eigenvalue weighted by molar-refractivity contribution is -0.231. The summed E-state index contributed by atoms with van der Waals surface area (Å²) in [7, 11) is 0.